The van der Waals surface area contributed by atoms with Crippen molar-refractivity contribution in [2.45, 2.75) is 0 Å². The second kappa shape index (κ2) is 8.36. The van der Waals surface area contributed by atoms with E-state index in [2.05, 4.69) is 95.6 Å². The van der Waals surface area contributed by atoms with Gasteiger partial charge in [-0.2, -0.15) is 0 Å². The summed E-state index contributed by atoms with van der Waals surface area (Å²) in [5.74, 6) is 0. The van der Waals surface area contributed by atoms with E-state index in [0.717, 1.165) is 33.2 Å². The number of fused-ring (bicyclic) bond motifs is 1. The summed E-state index contributed by atoms with van der Waals surface area (Å²) in [6, 6.07) is 35.5. The van der Waals surface area contributed by atoms with Gasteiger partial charge in [-0.05, 0) is 34.5 Å². The van der Waals surface area contributed by atoms with Gasteiger partial charge in [-0.15, -0.1) is 11.3 Å². The smallest absolute Gasteiger partial charge is 0.118 e. The van der Waals surface area contributed by atoms with Crippen LogP contribution in [0.5, 0.6) is 0 Å². The van der Waals surface area contributed by atoms with Gasteiger partial charge >= 0.3 is 0 Å². The maximum Gasteiger partial charge on any atom is 0.118 e. The molecule has 0 spiro atoms. The molecule has 5 rings (SSSR count). The van der Waals surface area contributed by atoms with Crippen LogP contribution in [0.4, 0.5) is 5.69 Å². The van der Waals surface area contributed by atoms with Crippen LogP contribution in [-0.2, 0) is 0 Å². The third kappa shape index (κ3) is 4.02. The first-order valence-electron chi connectivity index (χ1n) is 9.89. The molecule has 4 aromatic carbocycles. The van der Waals surface area contributed by atoms with Crippen molar-refractivity contribution in [2.24, 2.45) is 0 Å². The molecule has 0 bridgehead atoms. The third-order valence-electron chi connectivity index (χ3n) is 4.97. The molecule has 144 valence electrons. The minimum atomic E-state index is 0.973. The minimum absolute atomic E-state index is 0.973. The Morgan fingerprint density at radius 1 is 0.733 bits per heavy atom. The highest BCUT2D eigenvalue weighted by Gasteiger charge is 2.07. The molecule has 0 radical (unpaired) electrons. The largest absolute Gasteiger partial charge is 0.355 e. The van der Waals surface area contributed by atoms with E-state index in [4.69, 9.17) is 4.98 Å². The lowest BCUT2D eigenvalue weighted by Crippen LogP contribution is -1.99. The van der Waals surface area contributed by atoms with Gasteiger partial charge in [0.05, 0.1) is 5.69 Å². The van der Waals surface area contributed by atoms with Gasteiger partial charge in [-0.25, -0.2) is 4.98 Å². The second-order valence-corrected chi connectivity index (χ2v) is 7.94. The first-order valence-corrected chi connectivity index (χ1v) is 10.8. The van der Waals surface area contributed by atoms with E-state index in [0.29, 0.717) is 0 Å². The Kier molecular flexibility index (Phi) is 5.11. The second-order valence-electron chi connectivity index (χ2n) is 7.05. The molecule has 0 saturated heterocycles. The zero-order valence-corrected chi connectivity index (χ0v) is 17.1. The van der Waals surface area contributed by atoms with Crippen molar-refractivity contribution < 1.29 is 0 Å². The number of benzene rings is 4. The predicted molar refractivity (Wildman–Crippen MR) is 129 cm³/mol. The molecule has 0 saturated carbocycles. The first-order chi connectivity index (χ1) is 14.8. The average molecular weight is 405 g/mol. The van der Waals surface area contributed by atoms with Crippen LogP contribution in [0.25, 0.3) is 33.8 Å². The molecule has 1 aromatic heterocycles. The quantitative estimate of drug-likeness (QED) is 0.327. The molecule has 3 heteroatoms. The molecule has 0 amide bonds. The molecular formula is C27H20N2S. The highest BCUT2D eigenvalue weighted by atomic mass is 32.1. The number of thiazole rings is 1. The first kappa shape index (κ1) is 18.3. The summed E-state index contributed by atoms with van der Waals surface area (Å²) in [7, 11) is 0. The molecule has 0 aliphatic carbocycles. The molecule has 0 atom stereocenters. The Morgan fingerprint density at radius 2 is 1.43 bits per heavy atom. The van der Waals surface area contributed by atoms with Gasteiger partial charge in [0, 0.05) is 22.3 Å². The van der Waals surface area contributed by atoms with Crippen molar-refractivity contribution in [1.29, 1.82) is 0 Å². The van der Waals surface area contributed by atoms with Crippen LogP contribution in [0.3, 0.4) is 0 Å². The lowest BCUT2D eigenvalue weighted by atomic mass is 10.1. The maximum absolute atomic E-state index is 4.84. The van der Waals surface area contributed by atoms with Gasteiger partial charge in [-0.1, -0.05) is 91.0 Å². The highest BCUT2D eigenvalue weighted by Crippen LogP contribution is 2.27. The summed E-state index contributed by atoms with van der Waals surface area (Å²) in [5, 5.41) is 9.15. The average Bonchev–Trinajstić information content (AvgIpc) is 3.28. The molecule has 0 unspecified atom stereocenters. The summed E-state index contributed by atoms with van der Waals surface area (Å²) in [6.07, 6.45) is 2.13. The van der Waals surface area contributed by atoms with E-state index in [1.54, 1.807) is 11.3 Å². The Hall–Kier alpha value is -3.69. The fourth-order valence-electron chi connectivity index (χ4n) is 3.45. The predicted octanol–water partition coefficient (Wildman–Crippen LogP) is 7.57. The Morgan fingerprint density at radius 3 is 2.23 bits per heavy atom. The van der Waals surface area contributed by atoms with E-state index < -0.39 is 0 Å². The number of hydrogen-bond acceptors (Lipinski definition) is 3. The summed E-state index contributed by atoms with van der Waals surface area (Å²) in [4.78, 5) is 4.84. The van der Waals surface area contributed by atoms with Crippen molar-refractivity contribution >= 4 is 39.6 Å². The number of rotatable bonds is 5. The van der Waals surface area contributed by atoms with Crippen molar-refractivity contribution in [3.63, 3.8) is 0 Å². The summed E-state index contributed by atoms with van der Waals surface area (Å²) in [5.41, 5.74) is 5.35. The van der Waals surface area contributed by atoms with Crippen LogP contribution in [0, 0.1) is 0 Å². The molecule has 1 N–H and O–H groups in total. The number of hydrogen-bond donors (Lipinski definition) is 1. The number of anilines is 1. The van der Waals surface area contributed by atoms with Crippen molar-refractivity contribution in [2.75, 3.05) is 5.32 Å². The summed E-state index contributed by atoms with van der Waals surface area (Å²) in [6.45, 7) is 0. The van der Waals surface area contributed by atoms with E-state index in [1.807, 2.05) is 24.3 Å². The van der Waals surface area contributed by atoms with Crippen LogP contribution in [0.15, 0.2) is 109 Å². The zero-order chi connectivity index (χ0) is 20.2. The molecule has 30 heavy (non-hydrogen) atoms. The molecule has 0 fully saturated rings. The fourth-order valence-corrected chi connectivity index (χ4v) is 4.21. The van der Waals surface area contributed by atoms with E-state index >= 15 is 0 Å². The van der Waals surface area contributed by atoms with Gasteiger partial charge in [0.2, 0.25) is 0 Å². The van der Waals surface area contributed by atoms with Crippen molar-refractivity contribution in [3.8, 4) is 11.3 Å². The molecule has 0 aliphatic heterocycles. The zero-order valence-electron chi connectivity index (χ0n) is 16.3. The lowest BCUT2D eigenvalue weighted by molar-refractivity contribution is 1.38. The number of nitrogens with one attached hydrogen (secondary N) is 1. The molecular weight excluding hydrogens is 384 g/mol. The summed E-state index contributed by atoms with van der Waals surface area (Å²) < 4.78 is 0. The highest BCUT2D eigenvalue weighted by molar-refractivity contribution is 7.10. The van der Waals surface area contributed by atoms with E-state index in [1.165, 1.54) is 10.8 Å². The third-order valence-corrected chi connectivity index (χ3v) is 5.76. The van der Waals surface area contributed by atoms with Gasteiger partial charge < -0.3 is 5.32 Å². The Bertz CT molecular complexity index is 1300. The van der Waals surface area contributed by atoms with Crippen LogP contribution in [0.2, 0.25) is 0 Å². The molecule has 1 heterocycles. The van der Waals surface area contributed by atoms with Gasteiger partial charge in [-0.3, -0.25) is 0 Å². The number of aromatic nitrogens is 1. The van der Waals surface area contributed by atoms with Crippen LogP contribution in [-0.4, -0.2) is 4.98 Å². The SMILES string of the molecule is C(=C(Nc1ccc2ccccc2c1)c1ccccc1)c1nc(-c2ccccc2)cs1. The molecule has 5 aromatic rings. The monoisotopic (exact) mass is 404 g/mol. The van der Waals surface area contributed by atoms with Crippen LogP contribution in [0.1, 0.15) is 10.6 Å². The minimum Gasteiger partial charge on any atom is -0.355 e. The standard InChI is InChI=1S/C27H20N2S/c1-3-10-21(11-4-1)25(28-24-16-15-20-9-7-8-14-23(20)17-24)18-27-29-26(19-30-27)22-12-5-2-6-13-22/h1-19,28H. The van der Waals surface area contributed by atoms with Crippen LogP contribution < -0.4 is 5.32 Å². The molecule has 2 nitrogen and oxygen atoms in total. The lowest BCUT2D eigenvalue weighted by Gasteiger charge is -2.12. The summed E-state index contributed by atoms with van der Waals surface area (Å²) >= 11 is 1.65. The topological polar surface area (TPSA) is 24.9 Å². The Labute approximate surface area is 180 Å². The van der Waals surface area contributed by atoms with Crippen molar-refractivity contribution in [1.82, 2.24) is 4.98 Å². The van der Waals surface area contributed by atoms with Gasteiger partial charge in [0.1, 0.15) is 5.01 Å². The number of nitrogens with zero attached hydrogens (tertiary/aromatic N) is 1. The maximum atomic E-state index is 4.84. The van der Waals surface area contributed by atoms with Crippen LogP contribution >= 0.6 is 11.3 Å². The van der Waals surface area contributed by atoms with Gasteiger partial charge in [0.25, 0.3) is 0 Å². The fraction of sp³-hybridized carbons (Fsp3) is 0. The molecule has 0 aliphatic rings. The van der Waals surface area contributed by atoms with Gasteiger partial charge in [0.15, 0.2) is 0 Å². The van der Waals surface area contributed by atoms with Crippen molar-refractivity contribution in [3.05, 3.63) is 119 Å². The van der Waals surface area contributed by atoms with E-state index in [-0.39, 0.29) is 0 Å². The Balaban J connectivity index is 1.51. The van der Waals surface area contributed by atoms with E-state index in [9.17, 15) is 0 Å². The normalized spacial score (nSPS) is 11.5.